The average Bonchev–Trinajstić information content (AvgIpc) is 2.64. The molecule has 21 heavy (non-hydrogen) atoms. The maximum Gasteiger partial charge on any atom is 0.351 e. The topological polar surface area (TPSA) is 157 Å². The zero-order chi connectivity index (χ0) is 15.8. The van der Waals surface area contributed by atoms with Crippen molar-refractivity contribution in [2.24, 2.45) is 0 Å². The van der Waals surface area contributed by atoms with Crippen LogP contribution in [0.15, 0.2) is 17.1 Å². The maximum atomic E-state index is 13.8. The molecule has 0 amide bonds. The van der Waals surface area contributed by atoms with Gasteiger partial charge in [0, 0.05) is 6.20 Å². The number of halogens is 1. The summed E-state index contributed by atoms with van der Waals surface area (Å²) in [6.07, 6.45) is -6.95. The van der Waals surface area contributed by atoms with E-state index in [0.29, 0.717) is 0 Å². The molecule has 1 unspecified atom stereocenters. The second kappa shape index (κ2) is 5.79. The minimum absolute atomic E-state index is 0.0603. The van der Waals surface area contributed by atoms with Gasteiger partial charge in [0.2, 0.25) is 0 Å². The van der Waals surface area contributed by atoms with E-state index in [1.54, 1.807) is 0 Å². The van der Waals surface area contributed by atoms with Gasteiger partial charge >= 0.3 is 13.3 Å². The summed E-state index contributed by atoms with van der Waals surface area (Å²) in [6, 6.07) is 1.24. The van der Waals surface area contributed by atoms with Gasteiger partial charge in [-0.2, -0.15) is 4.98 Å². The summed E-state index contributed by atoms with van der Waals surface area (Å²) >= 11 is 0. The molecule has 0 saturated carbocycles. The summed E-state index contributed by atoms with van der Waals surface area (Å²) in [5, 5.41) is 9.71. The largest absolute Gasteiger partial charge is 0.385 e. The van der Waals surface area contributed by atoms with Crippen LogP contribution in [0.2, 0.25) is 0 Å². The van der Waals surface area contributed by atoms with Gasteiger partial charge < -0.3 is 30.1 Å². The molecule has 0 spiro atoms. The fourth-order valence-corrected chi connectivity index (χ4v) is 2.10. The first-order chi connectivity index (χ1) is 9.69. The third kappa shape index (κ3) is 3.64. The molecule has 1 aliphatic rings. The molecular weight excluding hydrogens is 312 g/mol. The smallest absolute Gasteiger partial charge is 0.351 e. The Labute approximate surface area is 117 Å². The quantitative estimate of drug-likeness (QED) is 0.485. The van der Waals surface area contributed by atoms with E-state index in [-0.39, 0.29) is 5.82 Å². The lowest BCUT2D eigenvalue weighted by Crippen LogP contribution is -2.34. The zero-order valence-electron chi connectivity index (χ0n) is 10.4. The predicted molar refractivity (Wildman–Crippen MR) is 65.7 cm³/mol. The van der Waals surface area contributed by atoms with Crippen molar-refractivity contribution in [2.45, 2.75) is 24.8 Å². The molecule has 1 aromatic heterocycles. The highest BCUT2D eigenvalue weighted by Gasteiger charge is 2.47. The maximum absolute atomic E-state index is 13.8. The molecule has 1 saturated heterocycles. The molecule has 10 nitrogen and oxygen atoms in total. The van der Waals surface area contributed by atoms with Crippen LogP contribution in [-0.4, -0.2) is 49.4 Å². The monoisotopic (exact) mass is 325 g/mol. The molecule has 0 radical (unpaired) electrons. The number of aromatic nitrogens is 2. The van der Waals surface area contributed by atoms with E-state index in [1.165, 1.54) is 6.07 Å². The van der Waals surface area contributed by atoms with E-state index in [2.05, 4.69) is 9.72 Å². The first kappa shape index (κ1) is 16.0. The molecule has 1 aromatic rings. The Hall–Kier alpha value is -1.36. The molecule has 2 heterocycles. The van der Waals surface area contributed by atoms with Crippen molar-refractivity contribution < 1.29 is 33.3 Å². The molecule has 4 atom stereocenters. The number of anilines is 1. The minimum atomic E-state index is -4.52. The molecule has 2 rings (SSSR count). The van der Waals surface area contributed by atoms with Gasteiger partial charge in [-0.15, -0.1) is 0 Å². The first-order valence-electron chi connectivity index (χ1n) is 5.67. The van der Waals surface area contributed by atoms with Crippen LogP contribution in [-0.2, 0) is 14.0 Å². The lowest BCUT2D eigenvalue weighted by molar-refractivity contribution is -0.159. The third-order valence-corrected chi connectivity index (χ3v) is 3.17. The number of hydrogen-bond donors (Lipinski definition) is 4. The van der Waals surface area contributed by atoms with Gasteiger partial charge in [0.15, 0.2) is 25.0 Å². The second-order valence-corrected chi connectivity index (χ2v) is 5.92. The summed E-state index contributed by atoms with van der Waals surface area (Å²) in [4.78, 5) is 32.3. The van der Waals surface area contributed by atoms with E-state index in [9.17, 15) is 18.9 Å². The van der Waals surface area contributed by atoms with Gasteiger partial charge in [-0.3, -0.25) is 9.13 Å². The predicted octanol–water partition coefficient (Wildman–Crippen LogP) is -1.47. The van der Waals surface area contributed by atoms with E-state index in [1.807, 2.05) is 0 Å². The number of aliphatic hydroxyl groups is 1. The van der Waals surface area contributed by atoms with E-state index < -0.39 is 44.4 Å². The third-order valence-electron chi connectivity index (χ3n) is 2.68. The molecular formula is C9H13FN3O7P. The summed E-state index contributed by atoms with van der Waals surface area (Å²) in [5.41, 5.74) is 4.42. The van der Waals surface area contributed by atoms with Gasteiger partial charge in [-0.05, 0) is 6.07 Å². The van der Waals surface area contributed by atoms with Crippen molar-refractivity contribution in [2.75, 3.05) is 12.1 Å². The highest BCUT2D eigenvalue weighted by molar-refractivity contribution is 7.51. The van der Waals surface area contributed by atoms with Crippen molar-refractivity contribution in [1.29, 1.82) is 0 Å². The molecule has 0 bridgehead atoms. The fourth-order valence-electron chi connectivity index (χ4n) is 1.76. The molecule has 5 N–H and O–H groups in total. The molecule has 118 valence electrons. The second-order valence-electron chi connectivity index (χ2n) is 4.33. The van der Waals surface area contributed by atoms with Gasteiger partial charge in [-0.1, -0.05) is 0 Å². The van der Waals surface area contributed by atoms with Crippen molar-refractivity contribution in [3.8, 4) is 0 Å². The van der Waals surface area contributed by atoms with Crippen molar-refractivity contribution in [3.63, 3.8) is 0 Å². The van der Waals surface area contributed by atoms with E-state index in [0.717, 1.165) is 10.8 Å². The highest BCUT2D eigenvalue weighted by atomic mass is 31.2. The van der Waals surface area contributed by atoms with E-state index in [4.69, 9.17) is 20.3 Å². The standard InChI is InChI=1S/C9H13FN3O7P/c10-5-6(14)7(13-2-1-4(11)12-9(13)15)20-8(5)19-3-21(16,17)18/h1-2,5-8,14H,3H2,(H2,11,12,15)(H2,16,17,18)/t5?,6-,7+,8-/m0/s1. The summed E-state index contributed by atoms with van der Waals surface area (Å²) < 4.78 is 34.8. The number of nitrogen functional groups attached to an aromatic ring is 1. The van der Waals surface area contributed by atoms with Crippen LogP contribution in [0.25, 0.3) is 0 Å². The van der Waals surface area contributed by atoms with Crippen molar-refractivity contribution in [1.82, 2.24) is 9.55 Å². The Balaban J connectivity index is 2.16. The SMILES string of the molecule is Nc1ccn([C@@H]2O[C@H](OCP(=O)(O)O)C(F)[C@@H]2O)c(=O)n1. The van der Waals surface area contributed by atoms with Crippen molar-refractivity contribution in [3.05, 3.63) is 22.7 Å². The average molecular weight is 325 g/mol. The molecule has 1 fully saturated rings. The van der Waals surface area contributed by atoms with E-state index >= 15 is 0 Å². The number of alkyl halides is 1. The molecule has 0 aliphatic carbocycles. The molecule has 1 aliphatic heterocycles. The van der Waals surface area contributed by atoms with Crippen LogP contribution in [0.4, 0.5) is 10.2 Å². The first-order valence-corrected chi connectivity index (χ1v) is 7.47. The lowest BCUT2D eigenvalue weighted by atomic mass is 10.2. The zero-order valence-corrected chi connectivity index (χ0v) is 11.3. The Morgan fingerprint density at radius 3 is 2.81 bits per heavy atom. The molecule has 12 heteroatoms. The number of nitrogens with two attached hydrogens (primary N) is 1. The van der Waals surface area contributed by atoms with Crippen LogP contribution in [0.5, 0.6) is 0 Å². The number of nitrogens with zero attached hydrogens (tertiary/aromatic N) is 2. The van der Waals surface area contributed by atoms with Gasteiger partial charge in [0.05, 0.1) is 0 Å². The summed E-state index contributed by atoms with van der Waals surface area (Å²) in [5.74, 6) is -0.0603. The lowest BCUT2D eigenvalue weighted by Gasteiger charge is -2.16. The Kier molecular flexibility index (Phi) is 4.42. The van der Waals surface area contributed by atoms with Gasteiger partial charge in [0.25, 0.3) is 0 Å². The number of ether oxygens (including phenoxy) is 2. The van der Waals surface area contributed by atoms with Crippen LogP contribution < -0.4 is 11.4 Å². The fraction of sp³-hybridized carbons (Fsp3) is 0.556. The van der Waals surface area contributed by atoms with Crippen molar-refractivity contribution >= 4 is 13.4 Å². The Morgan fingerprint density at radius 1 is 1.57 bits per heavy atom. The summed E-state index contributed by atoms with van der Waals surface area (Å²) in [6.45, 7) is 0. The molecule has 0 aromatic carbocycles. The summed E-state index contributed by atoms with van der Waals surface area (Å²) in [7, 11) is -4.52. The van der Waals surface area contributed by atoms with Crippen LogP contribution in [0, 0.1) is 0 Å². The Bertz CT molecular complexity index is 620. The highest BCUT2D eigenvalue weighted by Crippen LogP contribution is 2.38. The van der Waals surface area contributed by atoms with Crippen LogP contribution >= 0.6 is 7.60 Å². The number of aliphatic hydroxyl groups excluding tert-OH is 1. The Morgan fingerprint density at radius 2 is 2.24 bits per heavy atom. The van der Waals surface area contributed by atoms with Crippen LogP contribution in [0.1, 0.15) is 6.23 Å². The normalized spacial score (nSPS) is 29.7. The number of rotatable bonds is 4. The number of hydrogen-bond acceptors (Lipinski definition) is 7. The van der Waals surface area contributed by atoms with Crippen LogP contribution in [0.3, 0.4) is 0 Å². The van der Waals surface area contributed by atoms with Gasteiger partial charge in [0.1, 0.15) is 11.9 Å². The minimum Gasteiger partial charge on any atom is -0.385 e. The van der Waals surface area contributed by atoms with Gasteiger partial charge in [-0.25, -0.2) is 9.18 Å².